The first-order chi connectivity index (χ1) is 14.1. The Morgan fingerprint density at radius 1 is 1.03 bits per heavy atom. The number of rotatable bonds is 9. The van der Waals surface area contributed by atoms with Crippen LogP contribution in [0.1, 0.15) is 34.7 Å². The van der Waals surface area contributed by atoms with Crippen molar-refractivity contribution >= 4 is 0 Å². The first kappa shape index (κ1) is 20.7. The number of aryl methyl sites for hydroxylation is 1. The Labute approximate surface area is 167 Å². The number of hydrogen-bond donors (Lipinski definition) is 1. The van der Waals surface area contributed by atoms with E-state index in [4.69, 9.17) is 9.84 Å². The molecule has 0 aliphatic carbocycles. The zero-order valence-corrected chi connectivity index (χ0v) is 15.7. The van der Waals surface area contributed by atoms with Gasteiger partial charge in [-0.1, -0.05) is 24.3 Å². The number of hydrogen-bond acceptors (Lipinski definition) is 4. The molecule has 1 N–H and O–H groups in total. The van der Waals surface area contributed by atoms with Crippen molar-refractivity contribution in [3.05, 3.63) is 94.7 Å². The molecule has 3 rings (SSSR count). The molecule has 152 valence electrons. The van der Waals surface area contributed by atoms with Crippen LogP contribution in [0, 0.1) is 5.21 Å². The minimum Gasteiger partial charge on any atom is -0.619 e. The molecule has 29 heavy (non-hydrogen) atoms. The van der Waals surface area contributed by atoms with Gasteiger partial charge in [0.1, 0.15) is 5.75 Å². The number of halogens is 2. The molecule has 7 heteroatoms. The minimum atomic E-state index is -2.93. The SMILES string of the molecule is [O-][n+]1ccc(CC(c2ccc(CCCO)cn2)c2ccccc2OC(F)F)cc1. The van der Waals surface area contributed by atoms with E-state index in [1.54, 1.807) is 36.5 Å². The molecule has 0 radical (unpaired) electrons. The Bertz CT molecular complexity index is 903. The Hall–Kier alpha value is -3.06. The molecule has 1 atom stereocenters. The largest absolute Gasteiger partial charge is 0.619 e. The van der Waals surface area contributed by atoms with E-state index in [1.807, 2.05) is 12.1 Å². The molecule has 1 aromatic carbocycles. The summed E-state index contributed by atoms with van der Waals surface area (Å²) in [7, 11) is 0. The fourth-order valence-corrected chi connectivity index (χ4v) is 3.23. The topological polar surface area (TPSA) is 69.3 Å². The van der Waals surface area contributed by atoms with Crippen LogP contribution in [0.4, 0.5) is 8.78 Å². The normalized spacial score (nSPS) is 12.1. The molecule has 2 heterocycles. The molecule has 0 spiro atoms. The smallest absolute Gasteiger partial charge is 0.387 e. The van der Waals surface area contributed by atoms with Crippen LogP contribution in [-0.4, -0.2) is 23.3 Å². The molecule has 0 saturated carbocycles. The maximum Gasteiger partial charge on any atom is 0.387 e. The predicted octanol–water partition coefficient (Wildman–Crippen LogP) is 3.62. The van der Waals surface area contributed by atoms with Gasteiger partial charge in [-0.15, -0.1) is 0 Å². The van der Waals surface area contributed by atoms with Gasteiger partial charge in [0.05, 0.1) is 0 Å². The summed E-state index contributed by atoms with van der Waals surface area (Å²) in [5, 5.41) is 20.3. The highest BCUT2D eigenvalue weighted by atomic mass is 19.3. The third kappa shape index (κ3) is 5.71. The highest BCUT2D eigenvalue weighted by molar-refractivity contribution is 5.42. The number of aliphatic hydroxyl groups excluding tert-OH is 1. The number of aromatic nitrogens is 2. The molecule has 5 nitrogen and oxygen atoms in total. The molecule has 0 aliphatic rings. The second-order valence-corrected chi connectivity index (χ2v) is 6.66. The molecule has 0 aliphatic heterocycles. The molecule has 0 fully saturated rings. The summed E-state index contributed by atoms with van der Waals surface area (Å²) >= 11 is 0. The van der Waals surface area contributed by atoms with E-state index in [2.05, 4.69) is 4.98 Å². The lowest BCUT2D eigenvalue weighted by molar-refractivity contribution is -0.605. The number of aliphatic hydroxyl groups is 1. The monoisotopic (exact) mass is 400 g/mol. The van der Waals surface area contributed by atoms with E-state index in [1.165, 1.54) is 18.5 Å². The number of nitrogens with zero attached hydrogens (tertiary/aromatic N) is 2. The number of ether oxygens (including phenoxy) is 1. The number of pyridine rings is 2. The zero-order valence-electron chi connectivity index (χ0n) is 15.7. The van der Waals surface area contributed by atoms with Crippen molar-refractivity contribution in [3.63, 3.8) is 0 Å². The molecular weight excluding hydrogens is 378 g/mol. The number of benzene rings is 1. The fourth-order valence-electron chi connectivity index (χ4n) is 3.23. The molecule has 2 aromatic heterocycles. The zero-order chi connectivity index (χ0) is 20.6. The van der Waals surface area contributed by atoms with Crippen LogP contribution in [-0.2, 0) is 12.8 Å². The lowest BCUT2D eigenvalue weighted by Crippen LogP contribution is -2.24. The standard InChI is InChI=1S/C22H22F2N2O3/c23-22(24)29-21-6-2-1-5-18(21)19(14-16-9-11-26(28)12-10-16)20-8-7-17(15-25-20)4-3-13-27/h1-2,5-12,15,19,22,27H,3-4,13-14H2. The highest BCUT2D eigenvalue weighted by Gasteiger charge is 2.22. The van der Waals surface area contributed by atoms with Crippen LogP contribution >= 0.6 is 0 Å². The van der Waals surface area contributed by atoms with Gasteiger partial charge >= 0.3 is 6.61 Å². The van der Waals surface area contributed by atoms with Crippen LogP contribution in [0.3, 0.4) is 0 Å². The Kier molecular flexibility index (Phi) is 7.08. The molecule has 1 unspecified atom stereocenters. The van der Waals surface area contributed by atoms with Crippen molar-refractivity contribution in [2.75, 3.05) is 6.61 Å². The number of alkyl halides is 2. The first-order valence-electron chi connectivity index (χ1n) is 9.34. The molecule has 0 saturated heterocycles. The quantitative estimate of drug-likeness (QED) is 0.440. The van der Waals surface area contributed by atoms with Crippen molar-refractivity contribution in [2.24, 2.45) is 0 Å². The average molecular weight is 400 g/mol. The second-order valence-electron chi connectivity index (χ2n) is 6.66. The summed E-state index contributed by atoms with van der Waals surface area (Å²) in [4.78, 5) is 4.55. The van der Waals surface area contributed by atoms with Crippen LogP contribution in [0.5, 0.6) is 5.75 Å². The van der Waals surface area contributed by atoms with Crippen LogP contribution in [0.2, 0.25) is 0 Å². The molecular formula is C22H22F2N2O3. The maximum absolute atomic E-state index is 12.9. The Balaban J connectivity index is 1.97. The Morgan fingerprint density at radius 2 is 1.79 bits per heavy atom. The van der Waals surface area contributed by atoms with Gasteiger partial charge in [0.25, 0.3) is 0 Å². The van der Waals surface area contributed by atoms with E-state index in [0.717, 1.165) is 11.1 Å². The van der Waals surface area contributed by atoms with Crippen LogP contribution < -0.4 is 9.47 Å². The van der Waals surface area contributed by atoms with Crippen LogP contribution in [0.25, 0.3) is 0 Å². The highest BCUT2D eigenvalue weighted by Crippen LogP contribution is 2.34. The van der Waals surface area contributed by atoms with Crippen molar-refractivity contribution in [1.29, 1.82) is 0 Å². The van der Waals surface area contributed by atoms with Crippen LogP contribution in [0.15, 0.2) is 67.1 Å². The van der Waals surface area contributed by atoms with Gasteiger partial charge in [-0.2, -0.15) is 13.5 Å². The van der Waals surface area contributed by atoms with Crippen molar-refractivity contribution < 1.29 is 23.4 Å². The van der Waals surface area contributed by atoms with Gasteiger partial charge in [0.2, 0.25) is 0 Å². The Morgan fingerprint density at radius 3 is 2.45 bits per heavy atom. The van der Waals surface area contributed by atoms with E-state index in [0.29, 0.717) is 35.3 Å². The molecule has 3 aromatic rings. The van der Waals surface area contributed by atoms with Gasteiger partial charge < -0.3 is 15.1 Å². The molecule has 0 bridgehead atoms. The van der Waals surface area contributed by atoms with E-state index in [-0.39, 0.29) is 18.3 Å². The molecule has 0 amide bonds. The van der Waals surface area contributed by atoms with Gasteiger partial charge in [0.15, 0.2) is 12.4 Å². The third-order valence-electron chi connectivity index (χ3n) is 4.65. The van der Waals surface area contributed by atoms with Crippen molar-refractivity contribution in [3.8, 4) is 5.75 Å². The fraction of sp³-hybridized carbons (Fsp3) is 0.273. The van der Waals surface area contributed by atoms with Gasteiger partial charge in [-0.25, -0.2) is 0 Å². The third-order valence-corrected chi connectivity index (χ3v) is 4.65. The summed E-state index contributed by atoms with van der Waals surface area (Å²) in [6.45, 7) is -2.82. The van der Waals surface area contributed by atoms with Gasteiger partial charge in [0, 0.05) is 42.1 Å². The summed E-state index contributed by atoms with van der Waals surface area (Å²) in [5.41, 5.74) is 3.18. The lowest BCUT2D eigenvalue weighted by atomic mass is 9.88. The summed E-state index contributed by atoms with van der Waals surface area (Å²) < 4.78 is 31.3. The van der Waals surface area contributed by atoms with Crippen molar-refractivity contribution in [2.45, 2.75) is 31.8 Å². The summed E-state index contributed by atoms with van der Waals surface area (Å²) in [5.74, 6) is -0.229. The van der Waals surface area contributed by atoms with E-state index >= 15 is 0 Å². The average Bonchev–Trinajstić information content (AvgIpc) is 2.72. The first-order valence-corrected chi connectivity index (χ1v) is 9.34. The van der Waals surface area contributed by atoms with E-state index < -0.39 is 6.61 Å². The van der Waals surface area contributed by atoms with E-state index in [9.17, 15) is 14.0 Å². The second kappa shape index (κ2) is 9.93. The number of para-hydroxylation sites is 1. The summed E-state index contributed by atoms with van der Waals surface area (Å²) in [6.07, 6.45) is 6.37. The summed E-state index contributed by atoms with van der Waals surface area (Å²) in [6, 6.07) is 13.9. The minimum absolute atomic E-state index is 0.105. The lowest BCUT2D eigenvalue weighted by Gasteiger charge is -2.20. The van der Waals surface area contributed by atoms with Gasteiger partial charge in [-0.05, 0) is 42.5 Å². The predicted molar refractivity (Wildman–Crippen MR) is 104 cm³/mol. The van der Waals surface area contributed by atoms with Gasteiger partial charge in [-0.3, -0.25) is 4.98 Å². The van der Waals surface area contributed by atoms with Crippen molar-refractivity contribution in [1.82, 2.24) is 4.98 Å². The maximum atomic E-state index is 12.9.